The zero-order valence-corrected chi connectivity index (χ0v) is 4.28. The second-order valence-electron chi connectivity index (χ2n) is 2.38. The van der Waals surface area contributed by atoms with Crippen molar-refractivity contribution in [3.05, 3.63) is 11.6 Å². The standard InChI is InChI=1S/C6H9N/c1-2-5(1)3-6-4-7-6/h1,6-7H,2-4H2. The first kappa shape index (κ1) is 3.67. The second-order valence-corrected chi connectivity index (χ2v) is 2.38. The monoisotopic (exact) mass is 95.1 g/mol. The summed E-state index contributed by atoms with van der Waals surface area (Å²) in [5.74, 6) is 0. The molecular formula is C6H9N. The van der Waals surface area contributed by atoms with Gasteiger partial charge in [0.1, 0.15) is 0 Å². The fourth-order valence-electron chi connectivity index (χ4n) is 0.783. The molecule has 0 saturated carbocycles. The van der Waals surface area contributed by atoms with Crippen LogP contribution < -0.4 is 5.32 Å². The van der Waals surface area contributed by atoms with Crippen molar-refractivity contribution in [2.45, 2.75) is 18.9 Å². The molecule has 1 fully saturated rings. The largest absolute Gasteiger partial charge is 0.311 e. The number of rotatable bonds is 2. The van der Waals surface area contributed by atoms with Gasteiger partial charge in [0, 0.05) is 12.6 Å². The average molecular weight is 95.1 g/mol. The molecule has 2 rings (SSSR count). The third kappa shape index (κ3) is 0.829. The summed E-state index contributed by atoms with van der Waals surface area (Å²) in [5, 5.41) is 3.26. The summed E-state index contributed by atoms with van der Waals surface area (Å²) in [7, 11) is 0. The Bertz CT molecular complexity index is 111. The highest BCUT2D eigenvalue weighted by atomic mass is 15.1. The number of hydrogen-bond acceptors (Lipinski definition) is 1. The van der Waals surface area contributed by atoms with E-state index in [0.717, 1.165) is 6.04 Å². The van der Waals surface area contributed by atoms with E-state index in [2.05, 4.69) is 11.4 Å². The van der Waals surface area contributed by atoms with Gasteiger partial charge in [-0.05, 0) is 12.8 Å². The van der Waals surface area contributed by atoms with Crippen LogP contribution in [0, 0.1) is 0 Å². The SMILES string of the molecule is C1=C(CC2CN2)C1. The predicted octanol–water partition coefficient (Wildman–Crippen LogP) is 0.678. The van der Waals surface area contributed by atoms with Crippen molar-refractivity contribution in [2.24, 2.45) is 0 Å². The predicted molar refractivity (Wildman–Crippen MR) is 29.1 cm³/mol. The van der Waals surface area contributed by atoms with Gasteiger partial charge in [-0.25, -0.2) is 0 Å². The van der Waals surface area contributed by atoms with Crippen LogP contribution in [0.3, 0.4) is 0 Å². The van der Waals surface area contributed by atoms with Crippen molar-refractivity contribution in [3.63, 3.8) is 0 Å². The Labute approximate surface area is 43.4 Å². The molecule has 0 bridgehead atoms. The maximum absolute atomic E-state index is 3.26. The Morgan fingerprint density at radius 2 is 2.57 bits per heavy atom. The molecule has 1 heterocycles. The minimum absolute atomic E-state index is 0.869. The first-order valence-corrected chi connectivity index (χ1v) is 2.86. The number of nitrogens with one attached hydrogen (secondary N) is 1. The van der Waals surface area contributed by atoms with E-state index in [1.807, 2.05) is 0 Å². The molecule has 0 radical (unpaired) electrons. The lowest BCUT2D eigenvalue weighted by molar-refractivity contribution is 0.936. The Kier molecular flexibility index (Phi) is 0.577. The first-order valence-electron chi connectivity index (χ1n) is 2.86. The van der Waals surface area contributed by atoms with Crippen LogP contribution >= 0.6 is 0 Å². The fraction of sp³-hybridized carbons (Fsp3) is 0.667. The quantitative estimate of drug-likeness (QED) is 0.395. The molecule has 0 aromatic heterocycles. The highest BCUT2D eigenvalue weighted by Crippen LogP contribution is 2.25. The normalized spacial score (nSPS) is 34.9. The van der Waals surface area contributed by atoms with Crippen LogP contribution in [0.25, 0.3) is 0 Å². The molecule has 2 aliphatic rings. The molecule has 0 aromatic carbocycles. The molecule has 0 spiro atoms. The summed E-state index contributed by atoms with van der Waals surface area (Å²) in [6, 6.07) is 0.869. The van der Waals surface area contributed by atoms with Crippen molar-refractivity contribution >= 4 is 0 Å². The molecule has 1 atom stereocenters. The van der Waals surface area contributed by atoms with Crippen molar-refractivity contribution < 1.29 is 0 Å². The molecule has 0 aromatic rings. The molecule has 1 nitrogen and oxygen atoms in total. The van der Waals surface area contributed by atoms with Crippen LogP contribution in [-0.4, -0.2) is 12.6 Å². The highest BCUT2D eigenvalue weighted by Gasteiger charge is 2.23. The Hall–Kier alpha value is -0.300. The van der Waals surface area contributed by atoms with Gasteiger partial charge in [-0.15, -0.1) is 0 Å². The third-order valence-electron chi connectivity index (χ3n) is 1.49. The number of allylic oxidation sites excluding steroid dienone is 1. The molecular weight excluding hydrogens is 86.1 g/mol. The lowest BCUT2D eigenvalue weighted by Crippen LogP contribution is -1.85. The molecule has 1 heteroatoms. The molecule has 1 aliphatic heterocycles. The van der Waals surface area contributed by atoms with Crippen LogP contribution in [0.15, 0.2) is 11.6 Å². The van der Waals surface area contributed by atoms with E-state index >= 15 is 0 Å². The maximum Gasteiger partial charge on any atom is 0.0230 e. The molecule has 38 valence electrons. The van der Waals surface area contributed by atoms with E-state index in [0.29, 0.717) is 0 Å². The van der Waals surface area contributed by atoms with E-state index in [-0.39, 0.29) is 0 Å². The summed E-state index contributed by atoms with van der Waals surface area (Å²) in [4.78, 5) is 0. The van der Waals surface area contributed by atoms with Crippen LogP contribution in [0.2, 0.25) is 0 Å². The van der Waals surface area contributed by atoms with E-state index < -0.39 is 0 Å². The van der Waals surface area contributed by atoms with Gasteiger partial charge >= 0.3 is 0 Å². The summed E-state index contributed by atoms with van der Waals surface area (Å²) < 4.78 is 0. The highest BCUT2D eigenvalue weighted by molar-refractivity contribution is 5.23. The third-order valence-corrected chi connectivity index (χ3v) is 1.49. The van der Waals surface area contributed by atoms with Gasteiger partial charge in [0.2, 0.25) is 0 Å². The van der Waals surface area contributed by atoms with Gasteiger partial charge in [0.15, 0.2) is 0 Å². The molecule has 7 heavy (non-hydrogen) atoms. The summed E-state index contributed by atoms with van der Waals surface area (Å²) in [5.41, 5.74) is 1.66. The van der Waals surface area contributed by atoms with E-state index in [1.165, 1.54) is 19.4 Å². The van der Waals surface area contributed by atoms with Gasteiger partial charge in [-0.1, -0.05) is 11.6 Å². The lowest BCUT2D eigenvalue weighted by Gasteiger charge is -1.81. The van der Waals surface area contributed by atoms with Gasteiger partial charge in [-0.3, -0.25) is 0 Å². The van der Waals surface area contributed by atoms with E-state index in [9.17, 15) is 0 Å². The summed E-state index contributed by atoms with van der Waals surface area (Å²) in [6.45, 7) is 1.26. The van der Waals surface area contributed by atoms with Gasteiger partial charge < -0.3 is 5.32 Å². The molecule has 1 aliphatic carbocycles. The topological polar surface area (TPSA) is 21.9 Å². The van der Waals surface area contributed by atoms with Gasteiger partial charge in [-0.2, -0.15) is 0 Å². The summed E-state index contributed by atoms with van der Waals surface area (Å²) in [6.07, 6.45) is 4.94. The summed E-state index contributed by atoms with van der Waals surface area (Å²) >= 11 is 0. The van der Waals surface area contributed by atoms with Crippen LogP contribution in [0.1, 0.15) is 12.8 Å². The zero-order chi connectivity index (χ0) is 4.69. The average Bonchev–Trinajstić information content (AvgIpc) is 2.33. The minimum atomic E-state index is 0.869. The Balaban J connectivity index is 1.79. The lowest BCUT2D eigenvalue weighted by atomic mass is 10.3. The Morgan fingerprint density at radius 1 is 1.86 bits per heavy atom. The minimum Gasteiger partial charge on any atom is -0.311 e. The van der Waals surface area contributed by atoms with Crippen molar-refractivity contribution in [3.8, 4) is 0 Å². The van der Waals surface area contributed by atoms with Crippen molar-refractivity contribution in [1.29, 1.82) is 0 Å². The molecule has 0 amide bonds. The molecule has 1 unspecified atom stereocenters. The Morgan fingerprint density at radius 3 is 3.00 bits per heavy atom. The smallest absolute Gasteiger partial charge is 0.0230 e. The van der Waals surface area contributed by atoms with Crippen LogP contribution in [0.4, 0.5) is 0 Å². The second kappa shape index (κ2) is 1.10. The van der Waals surface area contributed by atoms with Crippen LogP contribution in [-0.2, 0) is 0 Å². The molecule has 1 N–H and O–H groups in total. The molecule has 1 saturated heterocycles. The van der Waals surface area contributed by atoms with Crippen molar-refractivity contribution in [1.82, 2.24) is 5.32 Å². The first-order chi connectivity index (χ1) is 3.45. The fourth-order valence-corrected chi connectivity index (χ4v) is 0.783. The maximum atomic E-state index is 3.26. The zero-order valence-electron chi connectivity index (χ0n) is 4.28. The van der Waals surface area contributed by atoms with E-state index in [1.54, 1.807) is 5.57 Å². The number of hydrogen-bond donors (Lipinski definition) is 1. The van der Waals surface area contributed by atoms with Gasteiger partial charge in [0.05, 0.1) is 0 Å². The van der Waals surface area contributed by atoms with E-state index in [4.69, 9.17) is 0 Å². The van der Waals surface area contributed by atoms with Crippen molar-refractivity contribution in [2.75, 3.05) is 6.54 Å². The van der Waals surface area contributed by atoms with Crippen LogP contribution in [0.5, 0.6) is 0 Å². The van der Waals surface area contributed by atoms with Gasteiger partial charge in [0.25, 0.3) is 0 Å².